The highest BCUT2D eigenvalue weighted by Crippen LogP contribution is 2.33. The first-order chi connectivity index (χ1) is 14.3. The van der Waals surface area contributed by atoms with E-state index in [2.05, 4.69) is 28.7 Å². The number of benzene rings is 1. The fourth-order valence-electron chi connectivity index (χ4n) is 3.61. The third-order valence-corrected chi connectivity index (χ3v) is 7.19. The summed E-state index contributed by atoms with van der Waals surface area (Å²) in [5, 5.41) is 0. The second-order valence-electron chi connectivity index (χ2n) is 7.93. The van der Waals surface area contributed by atoms with Gasteiger partial charge in [0, 0.05) is 56.3 Å². The number of hydrogen-bond acceptors (Lipinski definition) is 7. The molecule has 0 spiro atoms. The van der Waals surface area contributed by atoms with Crippen molar-refractivity contribution in [2.45, 2.75) is 38.0 Å². The van der Waals surface area contributed by atoms with E-state index in [0.717, 1.165) is 23.8 Å². The summed E-state index contributed by atoms with van der Waals surface area (Å²) in [6, 6.07) is 6.81. The number of rotatable bonds is 4. The van der Waals surface area contributed by atoms with Crippen molar-refractivity contribution in [2.75, 3.05) is 44.3 Å². The number of sulfonamides is 1. The Balaban J connectivity index is 1.49. The van der Waals surface area contributed by atoms with Crippen LogP contribution >= 0.6 is 0 Å². The zero-order valence-electron chi connectivity index (χ0n) is 17.7. The van der Waals surface area contributed by atoms with Crippen LogP contribution in [0.1, 0.15) is 37.7 Å². The maximum absolute atomic E-state index is 13.2. The molecule has 0 unspecified atom stereocenters. The Morgan fingerprint density at radius 2 is 1.67 bits per heavy atom. The van der Waals surface area contributed by atoms with Gasteiger partial charge in [-0.05, 0) is 19.1 Å². The number of anilines is 1. The summed E-state index contributed by atoms with van der Waals surface area (Å²) in [6.45, 7) is 9.15. The van der Waals surface area contributed by atoms with Crippen LogP contribution in [0.25, 0.3) is 0 Å². The lowest BCUT2D eigenvalue weighted by Crippen LogP contribution is -2.49. The second kappa shape index (κ2) is 8.39. The van der Waals surface area contributed by atoms with Crippen LogP contribution < -0.4 is 14.4 Å². The van der Waals surface area contributed by atoms with Gasteiger partial charge in [0.2, 0.25) is 10.0 Å². The molecule has 0 N–H and O–H groups in total. The first-order valence-electron chi connectivity index (χ1n) is 10.3. The number of piperazine rings is 1. The predicted octanol–water partition coefficient (Wildman–Crippen LogP) is 2.58. The van der Waals surface area contributed by atoms with Gasteiger partial charge in [0.1, 0.15) is 11.6 Å². The summed E-state index contributed by atoms with van der Waals surface area (Å²) in [7, 11) is -3.60. The van der Waals surface area contributed by atoms with E-state index < -0.39 is 10.0 Å². The molecule has 9 heteroatoms. The molecule has 0 amide bonds. The molecular formula is C21H28N4O4S. The van der Waals surface area contributed by atoms with Crippen molar-refractivity contribution in [3.05, 3.63) is 35.8 Å². The summed E-state index contributed by atoms with van der Waals surface area (Å²) < 4.78 is 39.2. The van der Waals surface area contributed by atoms with Crippen LogP contribution in [0.4, 0.5) is 5.82 Å². The Morgan fingerprint density at radius 3 is 2.37 bits per heavy atom. The monoisotopic (exact) mass is 432 g/mol. The van der Waals surface area contributed by atoms with Crippen LogP contribution in [-0.4, -0.2) is 62.1 Å². The number of nitrogens with zero attached hydrogens (tertiary/aromatic N) is 4. The summed E-state index contributed by atoms with van der Waals surface area (Å²) in [5.74, 6) is 3.00. The lowest BCUT2D eigenvalue weighted by atomic mass is 10.2. The maximum Gasteiger partial charge on any atom is 0.243 e. The standard InChI is InChI=1S/C21H28N4O4S/c1-15(2)21-22-16(3)13-20(23-21)24-7-9-25(10-8-24)30(26,27)17-5-6-18-19(14-17)29-12-4-11-28-18/h5-6,13-15H,4,7-12H2,1-3H3. The first-order valence-corrected chi connectivity index (χ1v) is 11.8. The molecule has 2 aromatic rings. The van der Waals surface area contributed by atoms with Crippen molar-refractivity contribution in [1.29, 1.82) is 0 Å². The van der Waals surface area contributed by atoms with E-state index in [1.165, 1.54) is 4.31 Å². The van der Waals surface area contributed by atoms with Gasteiger partial charge in [0.05, 0.1) is 18.1 Å². The molecule has 2 aliphatic heterocycles. The van der Waals surface area contributed by atoms with E-state index in [1.54, 1.807) is 18.2 Å². The molecule has 0 radical (unpaired) electrons. The fraction of sp³-hybridized carbons (Fsp3) is 0.524. The van der Waals surface area contributed by atoms with Gasteiger partial charge in [-0.2, -0.15) is 4.31 Å². The number of ether oxygens (including phenoxy) is 2. The van der Waals surface area contributed by atoms with Crippen molar-refractivity contribution in [2.24, 2.45) is 0 Å². The largest absolute Gasteiger partial charge is 0.490 e. The highest BCUT2D eigenvalue weighted by atomic mass is 32.2. The molecule has 1 aromatic carbocycles. The molecule has 0 aliphatic carbocycles. The van der Waals surface area contributed by atoms with E-state index in [0.29, 0.717) is 50.9 Å². The minimum absolute atomic E-state index is 0.236. The van der Waals surface area contributed by atoms with Gasteiger partial charge >= 0.3 is 0 Å². The predicted molar refractivity (Wildman–Crippen MR) is 114 cm³/mol. The minimum atomic E-state index is -3.60. The van der Waals surface area contributed by atoms with Crippen LogP contribution in [0.5, 0.6) is 11.5 Å². The van der Waals surface area contributed by atoms with Gasteiger partial charge in [0.15, 0.2) is 11.5 Å². The Morgan fingerprint density at radius 1 is 0.967 bits per heavy atom. The molecule has 30 heavy (non-hydrogen) atoms. The molecule has 0 atom stereocenters. The van der Waals surface area contributed by atoms with Crippen LogP contribution in [0.3, 0.4) is 0 Å². The summed E-state index contributed by atoms with van der Waals surface area (Å²) in [4.78, 5) is 11.5. The third-order valence-electron chi connectivity index (χ3n) is 5.29. The number of fused-ring (bicyclic) bond motifs is 1. The maximum atomic E-state index is 13.2. The van der Waals surface area contributed by atoms with E-state index >= 15 is 0 Å². The van der Waals surface area contributed by atoms with Gasteiger partial charge < -0.3 is 14.4 Å². The average molecular weight is 433 g/mol. The molecule has 1 aromatic heterocycles. The Hall–Kier alpha value is -2.39. The van der Waals surface area contributed by atoms with E-state index in [4.69, 9.17) is 9.47 Å². The van der Waals surface area contributed by atoms with Gasteiger partial charge in [-0.15, -0.1) is 0 Å². The Bertz CT molecular complexity index is 1020. The normalized spacial score (nSPS) is 17.8. The highest BCUT2D eigenvalue weighted by molar-refractivity contribution is 7.89. The smallest absolute Gasteiger partial charge is 0.243 e. The fourth-order valence-corrected chi connectivity index (χ4v) is 5.04. The zero-order valence-corrected chi connectivity index (χ0v) is 18.5. The van der Waals surface area contributed by atoms with E-state index in [1.807, 2.05) is 13.0 Å². The van der Waals surface area contributed by atoms with Crippen molar-refractivity contribution >= 4 is 15.8 Å². The summed E-state index contributed by atoms with van der Waals surface area (Å²) in [6.07, 6.45) is 0.778. The first kappa shape index (κ1) is 20.9. The van der Waals surface area contributed by atoms with Crippen molar-refractivity contribution in [1.82, 2.24) is 14.3 Å². The molecule has 0 saturated carbocycles. The van der Waals surface area contributed by atoms with Crippen LogP contribution in [-0.2, 0) is 10.0 Å². The van der Waals surface area contributed by atoms with Gasteiger partial charge in [0.25, 0.3) is 0 Å². The van der Waals surface area contributed by atoms with Crippen molar-refractivity contribution < 1.29 is 17.9 Å². The van der Waals surface area contributed by atoms with Crippen LogP contribution in [0, 0.1) is 6.92 Å². The summed E-state index contributed by atoms with van der Waals surface area (Å²) >= 11 is 0. The SMILES string of the molecule is Cc1cc(N2CCN(S(=O)(=O)c3ccc4c(c3)OCCCO4)CC2)nc(C(C)C)n1. The summed E-state index contributed by atoms with van der Waals surface area (Å²) in [5.41, 5.74) is 0.922. The molecule has 162 valence electrons. The van der Waals surface area contributed by atoms with E-state index in [-0.39, 0.29) is 10.8 Å². The van der Waals surface area contributed by atoms with Crippen molar-refractivity contribution in [3.8, 4) is 11.5 Å². The molecule has 2 aliphatic rings. The minimum Gasteiger partial charge on any atom is -0.490 e. The molecule has 3 heterocycles. The lowest BCUT2D eigenvalue weighted by molar-refractivity contribution is 0.296. The molecular weight excluding hydrogens is 404 g/mol. The lowest BCUT2D eigenvalue weighted by Gasteiger charge is -2.35. The zero-order chi connectivity index (χ0) is 21.3. The van der Waals surface area contributed by atoms with Crippen LogP contribution in [0.15, 0.2) is 29.2 Å². The van der Waals surface area contributed by atoms with E-state index in [9.17, 15) is 8.42 Å². The van der Waals surface area contributed by atoms with Crippen molar-refractivity contribution in [3.63, 3.8) is 0 Å². The molecule has 1 fully saturated rings. The number of aromatic nitrogens is 2. The van der Waals surface area contributed by atoms with Crippen LogP contribution in [0.2, 0.25) is 0 Å². The van der Waals surface area contributed by atoms with Gasteiger partial charge in [-0.1, -0.05) is 13.8 Å². The molecule has 4 rings (SSSR count). The second-order valence-corrected chi connectivity index (χ2v) is 9.87. The molecule has 8 nitrogen and oxygen atoms in total. The molecule has 1 saturated heterocycles. The Labute approximate surface area is 177 Å². The average Bonchev–Trinajstić information content (AvgIpc) is 2.98. The number of aryl methyl sites for hydroxylation is 1. The Kier molecular flexibility index (Phi) is 5.84. The number of hydrogen-bond donors (Lipinski definition) is 0. The topological polar surface area (TPSA) is 84.9 Å². The van der Waals surface area contributed by atoms with Gasteiger partial charge in [-0.25, -0.2) is 18.4 Å². The van der Waals surface area contributed by atoms with Gasteiger partial charge in [-0.3, -0.25) is 0 Å². The highest BCUT2D eigenvalue weighted by Gasteiger charge is 2.30. The third kappa shape index (κ3) is 4.22. The molecule has 0 bridgehead atoms. The quantitative estimate of drug-likeness (QED) is 0.734.